The summed E-state index contributed by atoms with van der Waals surface area (Å²) >= 11 is 0. The van der Waals surface area contributed by atoms with E-state index in [1.54, 1.807) is 0 Å². The Kier molecular flexibility index (Phi) is 5.61. The topological polar surface area (TPSA) is 85.4 Å². The molecule has 0 aliphatic carbocycles. The minimum Gasteiger partial charge on any atom is -0.376 e. The molecule has 4 heterocycles. The van der Waals surface area contributed by atoms with Crippen molar-refractivity contribution < 1.29 is 4.74 Å². The quantitative estimate of drug-likeness (QED) is 0.609. The van der Waals surface area contributed by atoms with Crippen LogP contribution in [0.2, 0.25) is 0 Å². The largest absolute Gasteiger partial charge is 0.376 e. The second-order valence-electron chi connectivity index (χ2n) is 7.76. The molecule has 0 bridgehead atoms. The van der Waals surface area contributed by atoms with E-state index >= 15 is 0 Å². The zero-order chi connectivity index (χ0) is 19.5. The predicted octanol–water partition coefficient (Wildman–Crippen LogP) is 0.971. The molecule has 28 heavy (non-hydrogen) atoms. The molecule has 9 nitrogen and oxygen atoms in total. The van der Waals surface area contributed by atoms with Gasteiger partial charge in [0.25, 0.3) is 0 Å². The maximum atomic E-state index is 5.77. The van der Waals surface area contributed by atoms with Gasteiger partial charge in [-0.25, -0.2) is 4.99 Å². The Labute approximate surface area is 165 Å². The van der Waals surface area contributed by atoms with E-state index in [0.717, 1.165) is 63.1 Å². The van der Waals surface area contributed by atoms with E-state index < -0.39 is 0 Å². The van der Waals surface area contributed by atoms with E-state index in [4.69, 9.17) is 9.73 Å². The van der Waals surface area contributed by atoms with Crippen molar-refractivity contribution in [2.75, 3.05) is 26.2 Å². The molecule has 0 saturated carbocycles. The van der Waals surface area contributed by atoms with Crippen molar-refractivity contribution in [3.63, 3.8) is 0 Å². The lowest BCUT2D eigenvalue weighted by molar-refractivity contribution is 0.113. The number of nitrogens with zero attached hydrogens (tertiary/aromatic N) is 7. The van der Waals surface area contributed by atoms with Gasteiger partial charge in [0, 0.05) is 52.5 Å². The average Bonchev–Trinajstić information content (AvgIpc) is 3.46. The maximum Gasteiger partial charge on any atom is 0.194 e. The minimum atomic E-state index is 0.277. The molecule has 2 atom stereocenters. The summed E-state index contributed by atoms with van der Waals surface area (Å²) in [6.45, 7) is 6.05. The molecule has 0 spiro atoms. The third kappa shape index (κ3) is 4.19. The molecule has 2 unspecified atom stereocenters. The van der Waals surface area contributed by atoms with Crippen molar-refractivity contribution in [2.24, 2.45) is 19.1 Å². The molecular formula is C19H30N8O. The number of hydrogen-bond acceptors (Lipinski definition) is 5. The first kappa shape index (κ1) is 18.9. The zero-order valence-corrected chi connectivity index (χ0v) is 17.0. The van der Waals surface area contributed by atoms with Gasteiger partial charge in [-0.05, 0) is 31.7 Å². The molecule has 2 fully saturated rings. The maximum absolute atomic E-state index is 5.77. The highest BCUT2D eigenvalue weighted by Crippen LogP contribution is 2.26. The van der Waals surface area contributed by atoms with Crippen LogP contribution in [0.5, 0.6) is 0 Å². The summed E-state index contributed by atoms with van der Waals surface area (Å²) in [5.74, 6) is 3.19. The molecule has 2 saturated heterocycles. The fourth-order valence-corrected chi connectivity index (χ4v) is 3.89. The van der Waals surface area contributed by atoms with Crippen LogP contribution in [0, 0.1) is 6.92 Å². The summed E-state index contributed by atoms with van der Waals surface area (Å²) in [4.78, 5) is 7.22. The van der Waals surface area contributed by atoms with E-state index in [0.29, 0.717) is 12.5 Å². The smallest absolute Gasteiger partial charge is 0.194 e. The highest BCUT2D eigenvalue weighted by atomic mass is 16.5. The molecule has 2 aliphatic heterocycles. The predicted molar refractivity (Wildman–Crippen MR) is 106 cm³/mol. The second kappa shape index (κ2) is 8.30. The molecule has 4 rings (SSSR count). The van der Waals surface area contributed by atoms with Crippen molar-refractivity contribution in [3.05, 3.63) is 29.6 Å². The van der Waals surface area contributed by atoms with Gasteiger partial charge in [0.1, 0.15) is 12.4 Å². The Hall–Kier alpha value is -2.42. The van der Waals surface area contributed by atoms with E-state index in [9.17, 15) is 0 Å². The van der Waals surface area contributed by atoms with Gasteiger partial charge < -0.3 is 19.5 Å². The molecule has 0 radical (unpaired) electrons. The Balaban J connectivity index is 1.45. The highest BCUT2D eigenvalue weighted by molar-refractivity contribution is 5.80. The first-order valence-electron chi connectivity index (χ1n) is 10.1. The SMILES string of the molecule is Cc1nnc(CN=C(NCC2CCCO2)N2CCC(c3cnn(C)c3)C2)n1C. The van der Waals surface area contributed by atoms with Crippen LogP contribution in [0.4, 0.5) is 0 Å². The van der Waals surface area contributed by atoms with Crippen LogP contribution in [0.15, 0.2) is 17.4 Å². The van der Waals surface area contributed by atoms with Gasteiger partial charge in [-0.3, -0.25) is 4.68 Å². The van der Waals surface area contributed by atoms with E-state index in [-0.39, 0.29) is 6.10 Å². The Morgan fingerprint density at radius 1 is 1.32 bits per heavy atom. The third-order valence-corrected chi connectivity index (χ3v) is 5.75. The number of aryl methyl sites for hydroxylation is 2. The summed E-state index contributed by atoms with van der Waals surface area (Å²) in [5.41, 5.74) is 1.30. The minimum absolute atomic E-state index is 0.277. The van der Waals surface area contributed by atoms with Gasteiger partial charge in [-0.1, -0.05) is 0 Å². The summed E-state index contributed by atoms with van der Waals surface area (Å²) in [6.07, 6.45) is 7.74. The average molecular weight is 387 g/mol. The van der Waals surface area contributed by atoms with Crippen molar-refractivity contribution in [3.8, 4) is 0 Å². The molecule has 1 N–H and O–H groups in total. The molecular weight excluding hydrogens is 356 g/mol. The van der Waals surface area contributed by atoms with Gasteiger partial charge in [0.05, 0.1) is 12.3 Å². The molecule has 152 valence electrons. The first-order chi connectivity index (χ1) is 13.6. The van der Waals surface area contributed by atoms with Crippen LogP contribution in [-0.4, -0.2) is 67.7 Å². The van der Waals surface area contributed by atoms with Gasteiger partial charge in [-0.2, -0.15) is 5.10 Å². The van der Waals surface area contributed by atoms with Crippen molar-refractivity contribution in [1.29, 1.82) is 0 Å². The van der Waals surface area contributed by atoms with Crippen LogP contribution >= 0.6 is 0 Å². The summed E-state index contributed by atoms with van der Waals surface area (Å²) in [7, 11) is 3.95. The molecule has 2 aromatic rings. The molecule has 0 aromatic carbocycles. The molecule has 2 aliphatic rings. The highest BCUT2D eigenvalue weighted by Gasteiger charge is 2.28. The van der Waals surface area contributed by atoms with Crippen LogP contribution in [0.25, 0.3) is 0 Å². The van der Waals surface area contributed by atoms with Gasteiger partial charge in [0.15, 0.2) is 11.8 Å². The van der Waals surface area contributed by atoms with Gasteiger partial charge in [-0.15, -0.1) is 10.2 Å². The third-order valence-electron chi connectivity index (χ3n) is 5.75. The summed E-state index contributed by atoms with van der Waals surface area (Å²) in [5, 5.41) is 16.3. The number of rotatable bonds is 5. The zero-order valence-electron chi connectivity index (χ0n) is 17.0. The van der Waals surface area contributed by atoms with Crippen LogP contribution in [-0.2, 0) is 25.4 Å². The molecule has 0 amide bonds. The number of ether oxygens (including phenoxy) is 1. The van der Waals surface area contributed by atoms with Crippen LogP contribution < -0.4 is 5.32 Å². The second-order valence-corrected chi connectivity index (χ2v) is 7.76. The van der Waals surface area contributed by atoms with E-state index in [1.807, 2.05) is 36.5 Å². The fourth-order valence-electron chi connectivity index (χ4n) is 3.89. The van der Waals surface area contributed by atoms with Gasteiger partial charge >= 0.3 is 0 Å². The van der Waals surface area contributed by atoms with Crippen molar-refractivity contribution in [2.45, 2.75) is 44.8 Å². The summed E-state index contributed by atoms with van der Waals surface area (Å²) < 4.78 is 9.63. The van der Waals surface area contributed by atoms with Gasteiger partial charge in [0.2, 0.25) is 0 Å². The summed E-state index contributed by atoms with van der Waals surface area (Å²) in [6, 6.07) is 0. The number of aromatic nitrogens is 5. The molecule has 2 aromatic heterocycles. The number of aliphatic imine (C=N–C) groups is 1. The first-order valence-corrected chi connectivity index (χ1v) is 10.1. The number of nitrogens with one attached hydrogen (secondary N) is 1. The number of guanidine groups is 1. The fraction of sp³-hybridized carbons (Fsp3) is 0.684. The standard InChI is InChI=1S/C19H30N8O/c1-14-23-24-18(26(14)3)11-21-19(20-10-17-5-4-8-28-17)27-7-6-15(13-27)16-9-22-25(2)12-16/h9,12,15,17H,4-8,10-11,13H2,1-3H3,(H,20,21). The number of likely N-dealkylation sites (tertiary alicyclic amines) is 1. The van der Waals surface area contributed by atoms with Crippen molar-refractivity contribution >= 4 is 5.96 Å². The number of hydrogen-bond donors (Lipinski definition) is 1. The Bertz CT molecular complexity index is 820. The Morgan fingerprint density at radius 2 is 2.21 bits per heavy atom. The lowest BCUT2D eigenvalue weighted by Gasteiger charge is -2.23. The van der Waals surface area contributed by atoms with E-state index in [2.05, 4.69) is 31.7 Å². The lowest BCUT2D eigenvalue weighted by Crippen LogP contribution is -2.43. The molecule has 9 heteroatoms. The Morgan fingerprint density at radius 3 is 2.89 bits per heavy atom. The van der Waals surface area contributed by atoms with Crippen molar-refractivity contribution in [1.82, 2.24) is 34.8 Å². The lowest BCUT2D eigenvalue weighted by atomic mass is 10.0. The normalized spacial score (nSPS) is 23.0. The monoisotopic (exact) mass is 386 g/mol. The van der Waals surface area contributed by atoms with Crippen LogP contribution in [0.1, 0.15) is 42.4 Å². The van der Waals surface area contributed by atoms with Crippen LogP contribution in [0.3, 0.4) is 0 Å². The van der Waals surface area contributed by atoms with E-state index in [1.165, 1.54) is 5.56 Å².